The molecule has 2 N–H and O–H groups in total. The van der Waals surface area contributed by atoms with Crippen LogP contribution in [0.5, 0.6) is 11.5 Å². The van der Waals surface area contributed by atoms with Gasteiger partial charge in [-0.25, -0.2) is 8.78 Å². The van der Waals surface area contributed by atoms with Crippen molar-refractivity contribution in [2.24, 2.45) is 0 Å². The number of halogens is 10. The summed E-state index contributed by atoms with van der Waals surface area (Å²) in [6.45, 7) is 0. The Hall–Kier alpha value is -4.49. The Labute approximate surface area is 256 Å². The van der Waals surface area contributed by atoms with Gasteiger partial charge in [0.2, 0.25) is 0 Å². The molecule has 0 amide bonds. The third-order valence-electron chi connectivity index (χ3n) is 8.87. The molecule has 0 saturated carbocycles. The number of ether oxygens (including phenoxy) is 1. The zero-order chi connectivity index (χ0) is 34.7. The number of aliphatic hydroxyl groups is 2. The number of carbonyl (C=O) groups excluding carboxylic acids is 2. The molecule has 16 heteroatoms. The molecule has 3 aromatic carbocycles. The standard InChI is InChI=1S/C19H10F5NO3.C12H7F5O2/c20-10-5-9(8-25)6-11(7-10)28-14-2-1-12-16-15(14)13(26)3-4-17(16,27)19(23,24)18(12,21)22;13-6-2-1-5-9-8(6)7(18)3-4-10(9,19)12(16,17)11(5,14)15/h1-2,5-7,27H,3-4H2;1-2,19H,3-4H2. The molecule has 0 radical (unpaired) electrons. The summed E-state index contributed by atoms with van der Waals surface area (Å²) < 4.78 is 145. The molecule has 0 spiro atoms. The summed E-state index contributed by atoms with van der Waals surface area (Å²) in [5.74, 6) is -23.1. The fourth-order valence-corrected chi connectivity index (χ4v) is 6.57. The molecule has 0 aromatic heterocycles. The van der Waals surface area contributed by atoms with Crippen molar-refractivity contribution in [3.63, 3.8) is 0 Å². The minimum Gasteiger partial charge on any atom is -0.456 e. The van der Waals surface area contributed by atoms with Crippen LogP contribution in [-0.2, 0) is 23.0 Å². The van der Waals surface area contributed by atoms with E-state index in [9.17, 15) is 63.7 Å². The maximum atomic E-state index is 14.4. The highest BCUT2D eigenvalue weighted by atomic mass is 19.3. The van der Waals surface area contributed by atoms with Crippen LogP contribution in [0.2, 0.25) is 0 Å². The number of nitrogens with zero attached hydrogens (tertiary/aromatic N) is 1. The van der Waals surface area contributed by atoms with Gasteiger partial charge < -0.3 is 14.9 Å². The van der Waals surface area contributed by atoms with E-state index in [-0.39, 0.29) is 17.1 Å². The van der Waals surface area contributed by atoms with E-state index in [1.54, 1.807) is 6.07 Å². The van der Waals surface area contributed by atoms with Crippen LogP contribution in [0.3, 0.4) is 0 Å². The molecule has 0 heterocycles. The quantitative estimate of drug-likeness (QED) is 0.281. The SMILES string of the molecule is N#Cc1cc(F)cc(Oc2ccc3c4c2C(=O)CCC4(O)C(F)(F)C3(F)F)c1.O=C1CCC2(O)c3c(ccc(F)c31)C(F)(F)C2(F)F. The monoisotopic (exact) mass is 673 g/mol. The molecule has 7 rings (SSSR count). The number of hydrogen-bond donors (Lipinski definition) is 2. The molecule has 0 fully saturated rings. The lowest BCUT2D eigenvalue weighted by atomic mass is 9.78. The molecular weight excluding hydrogens is 656 g/mol. The van der Waals surface area contributed by atoms with Crippen LogP contribution in [0.15, 0.2) is 42.5 Å². The molecule has 0 bridgehead atoms. The molecule has 0 saturated heterocycles. The highest BCUT2D eigenvalue weighted by Gasteiger charge is 2.78. The molecule has 4 aliphatic rings. The Bertz CT molecular complexity index is 1960. The van der Waals surface area contributed by atoms with Gasteiger partial charge in [-0.15, -0.1) is 0 Å². The van der Waals surface area contributed by atoms with E-state index in [2.05, 4.69) is 0 Å². The molecule has 47 heavy (non-hydrogen) atoms. The average molecular weight is 673 g/mol. The van der Waals surface area contributed by atoms with Crippen molar-refractivity contribution in [2.75, 3.05) is 0 Å². The van der Waals surface area contributed by atoms with Gasteiger partial charge in [0.05, 0.1) is 22.8 Å². The number of hydrogen-bond acceptors (Lipinski definition) is 6. The summed E-state index contributed by atoms with van der Waals surface area (Å²) in [5.41, 5.74) is -12.1. The van der Waals surface area contributed by atoms with Gasteiger partial charge in [0.15, 0.2) is 22.8 Å². The molecule has 2 atom stereocenters. The highest BCUT2D eigenvalue weighted by Crippen LogP contribution is 2.66. The van der Waals surface area contributed by atoms with Gasteiger partial charge in [-0.3, -0.25) is 9.59 Å². The van der Waals surface area contributed by atoms with Gasteiger partial charge in [0.1, 0.15) is 23.1 Å². The first kappa shape index (κ1) is 32.5. The summed E-state index contributed by atoms with van der Waals surface area (Å²) in [4.78, 5) is 23.9. The maximum absolute atomic E-state index is 14.4. The molecule has 6 nitrogen and oxygen atoms in total. The van der Waals surface area contributed by atoms with E-state index in [4.69, 9.17) is 10.00 Å². The lowest BCUT2D eigenvalue weighted by molar-refractivity contribution is -0.287. The van der Waals surface area contributed by atoms with Crippen molar-refractivity contribution >= 4 is 11.6 Å². The smallest absolute Gasteiger partial charge is 0.346 e. The number of Topliss-reactive ketones (excluding diaryl/α,β-unsaturated/α-hetero) is 2. The van der Waals surface area contributed by atoms with E-state index < -0.39 is 117 Å². The number of carbonyl (C=O) groups is 2. The van der Waals surface area contributed by atoms with E-state index >= 15 is 0 Å². The summed E-state index contributed by atoms with van der Waals surface area (Å²) in [6, 6.07) is 7.22. The predicted octanol–water partition coefficient (Wildman–Crippen LogP) is 7.12. The van der Waals surface area contributed by atoms with Crippen LogP contribution in [0.25, 0.3) is 0 Å². The molecule has 2 unspecified atom stereocenters. The molecule has 4 aliphatic carbocycles. The molecular formula is C31H17F10NO5. The van der Waals surface area contributed by atoms with Crippen molar-refractivity contribution in [1.82, 2.24) is 0 Å². The van der Waals surface area contributed by atoms with Crippen LogP contribution in [0.1, 0.15) is 74.2 Å². The highest BCUT2D eigenvalue weighted by molar-refractivity contribution is 6.03. The summed E-state index contributed by atoms with van der Waals surface area (Å²) in [5, 5.41) is 29.3. The van der Waals surface area contributed by atoms with Crippen LogP contribution in [0.4, 0.5) is 43.9 Å². The van der Waals surface area contributed by atoms with Crippen molar-refractivity contribution in [3.05, 3.63) is 93.0 Å². The third-order valence-corrected chi connectivity index (χ3v) is 8.87. The number of nitriles is 1. The van der Waals surface area contributed by atoms with E-state index in [1.165, 1.54) is 0 Å². The summed E-state index contributed by atoms with van der Waals surface area (Å²) in [6.07, 6.45) is -2.91. The summed E-state index contributed by atoms with van der Waals surface area (Å²) in [7, 11) is 0. The van der Waals surface area contributed by atoms with E-state index in [0.717, 1.165) is 24.3 Å². The van der Waals surface area contributed by atoms with Crippen LogP contribution >= 0.6 is 0 Å². The number of alkyl halides is 8. The Kier molecular flexibility index (Phi) is 6.74. The minimum atomic E-state index is -4.82. The Balaban J connectivity index is 0.000000177. The fraction of sp³-hybridized carbons (Fsp3) is 0.323. The molecule has 3 aromatic rings. The van der Waals surface area contributed by atoms with E-state index in [1.807, 2.05) is 0 Å². The van der Waals surface area contributed by atoms with Gasteiger partial charge in [0.25, 0.3) is 0 Å². The van der Waals surface area contributed by atoms with Gasteiger partial charge in [-0.1, -0.05) is 0 Å². The topological polar surface area (TPSA) is 108 Å². The number of ketones is 2. The van der Waals surface area contributed by atoms with Crippen molar-refractivity contribution in [3.8, 4) is 17.6 Å². The summed E-state index contributed by atoms with van der Waals surface area (Å²) >= 11 is 0. The zero-order valence-corrected chi connectivity index (χ0v) is 23.2. The van der Waals surface area contributed by atoms with Gasteiger partial charge in [-0.05, 0) is 49.2 Å². The van der Waals surface area contributed by atoms with Crippen LogP contribution < -0.4 is 4.74 Å². The van der Waals surface area contributed by atoms with Crippen LogP contribution in [0, 0.1) is 23.0 Å². The van der Waals surface area contributed by atoms with Gasteiger partial charge in [0, 0.05) is 41.2 Å². The second-order valence-electron chi connectivity index (χ2n) is 11.5. The first-order valence-corrected chi connectivity index (χ1v) is 13.6. The normalized spacial score (nSPS) is 26.4. The maximum Gasteiger partial charge on any atom is 0.346 e. The Morgan fingerprint density at radius 3 is 1.72 bits per heavy atom. The van der Waals surface area contributed by atoms with Crippen molar-refractivity contribution in [1.29, 1.82) is 5.26 Å². The van der Waals surface area contributed by atoms with Gasteiger partial charge in [-0.2, -0.15) is 40.4 Å². The van der Waals surface area contributed by atoms with E-state index in [0.29, 0.717) is 18.2 Å². The average Bonchev–Trinajstić information content (AvgIpc) is 3.19. The molecule has 246 valence electrons. The predicted molar refractivity (Wildman–Crippen MR) is 137 cm³/mol. The first-order valence-electron chi connectivity index (χ1n) is 13.6. The fourth-order valence-electron chi connectivity index (χ4n) is 6.57. The Morgan fingerprint density at radius 2 is 1.19 bits per heavy atom. The lowest BCUT2D eigenvalue weighted by Gasteiger charge is -2.35. The first-order chi connectivity index (χ1) is 21.7. The minimum absolute atomic E-state index is 0.106. The van der Waals surface area contributed by atoms with Crippen molar-refractivity contribution < 1.29 is 68.4 Å². The second-order valence-corrected chi connectivity index (χ2v) is 11.5. The third kappa shape index (κ3) is 3.99. The number of rotatable bonds is 2. The largest absolute Gasteiger partial charge is 0.456 e. The lowest BCUT2D eigenvalue weighted by Crippen LogP contribution is -2.50. The van der Waals surface area contributed by atoms with Gasteiger partial charge >= 0.3 is 23.7 Å². The molecule has 0 aliphatic heterocycles. The zero-order valence-electron chi connectivity index (χ0n) is 23.2. The van der Waals surface area contributed by atoms with Crippen molar-refractivity contribution in [2.45, 2.75) is 60.6 Å². The van der Waals surface area contributed by atoms with Crippen LogP contribution in [-0.4, -0.2) is 33.6 Å². The second kappa shape index (κ2) is 9.77. The number of benzene rings is 3. The Morgan fingerprint density at radius 1 is 0.702 bits per heavy atom.